The van der Waals surface area contributed by atoms with E-state index in [0.717, 1.165) is 16.5 Å². The van der Waals surface area contributed by atoms with E-state index < -0.39 is 0 Å². The summed E-state index contributed by atoms with van der Waals surface area (Å²) in [6.07, 6.45) is 0.695. The van der Waals surface area contributed by atoms with Crippen molar-refractivity contribution in [2.45, 2.75) is 33.5 Å². The summed E-state index contributed by atoms with van der Waals surface area (Å²) in [5, 5.41) is 4.58. The van der Waals surface area contributed by atoms with Crippen molar-refractivity contribution >= 4 is 11.0 Å². The number of benzene rings is 1. The summed E-state index contributed by atoms with van der Waals surface area (Å²) in [6, 6.07) is 5.22. The number of hydrogen-bond acceptors (Lipinski definition) is 7. The molecule has 0 spiro atoms. The van der Waals surface area contributed by atoms with Gasteiger partial charge in [0, 0.05) is 13.2 Å². The van der Waals surface area contributed by atoms with Gasteiger partial charge in [-0.25, -0.2) is 4.79 Å². The molecule has 0 fully saturated rings. The van der Waals surface area contributed by atoms with Gasteiger partial charge in [0.05, 0.1) is 5.39 Å². The minimum Gasteiger partial charge on any atom is -0.483 e. The highest BCUT2D eigenvalue weighted by atomic mass is 16.5. The number of aromatic nitrogens is 2. The molecule has 0 bridgehead atoms. The van der Waals surface area contributed by atoms with Crippen LogP contribution in [-0.4, -0.2) is 17.3 Å². The molecule has 0 aliphatic carbocycles. The molecule has 3 rings (SSSR count). The Morgan fingerprint density at radius 2 is 2.04 bits per heavy atom. The highest BCUT2D eigenvalue weighted by Crippen LogP contribution is 2.30. The molecule has 0 atom stereocenters. The molecule has 24 heavy (non-hydrogen) atoms. The van der Waals surface area contributed by atoms with Gasteiger partial charge in [-0.2, -0.15) is 4.98 Å². The lowest BCUT2D eigenvalue weighted by Crippen LogP contribution is -2.03. The topological polar surface area (TPSA) is 87.6 Å². The molecule has 0 amide bonds. The maximum Gasteiger partial charge on any atom is 0.336 e. The minimum absolute atomic E-state index is 0.123. The average Bonchev–Trinajstić information content (AvgIpc) is 2.99. The van der Waals surface area contributed by atoms with E-state index in [2.05, 4.69) is 10.1 Å². The zero-order valence-electron chi connectivity index (χ0n) is 13.8. The van der Waals surface area contributed by atoms with Gasteiger partial charge in [-0.3, -0.25) is 0 Å². The van der Waals surface area contributed by atoms with E-state index in [1.54, 1.807) is 7.11 Å². The summed E-state index contributed by atoms with van der Waals surface area (Å²) in [4.78, 5) is 15.8. The van der Waals surface area contributed by atoms with Crippen LogP contribution in [0, 0.1) is 6.92 Å². The normalized spacial score (nSPS) is 11.1. The van der Waals surface area contributed by atoms with Crippen molar-refractivity contribution in [3.05, 3.63) is 51.5 Å². The average molecular weight is 330 g/mol. The van der Waals surface area contributed by atoms with Crippen LogP contribution in [0.5, 0.6) is 5.75 Å². The summed E-state index contributed by atoms with van der Waals surface area (Å²) in [5.41, 5.74) is 1.96. The van der Waals surface area contributed by atoms with Crippen molar-refractivity contribution in [3.8, 4) is 5.75 Å². The second-order valence-electron chi connectivity index (χ2n) is 5.41. The fourth-order valence-electron chi connectivity index (χ4n) is 2.54. The first-order chi connectivity index (χ1) is 11.6. The molecule has 7 nitrogen and oxygen atoms in total. The van der Waals surface area contributed by atoms with Crippen LogP contribution in [-0.2, 0) is 24.4 Å². The summed E-state index contributed by atoms with van der Waals surface area (Å²) in [7, 11) is 1.56. The Balaban J connectivity index is 1.94. The summed E-state index contributed by atoms with van der Waals surface area (Å²) in [6.45, 7) is 4.29. The minimum atomic E-state index is -0.364. The van der Waals surface area contributed by atoms with Crippen molar-refractivity contribution in [1.29, 1.82) is 0 Å². The lowest BCUT2D eigenvalue weighted by molar-refractivity contribution is 0.174. The standard InChI is InChI=1S/C17H18N2O5/c1-4-11-7-16(20)23-13-6-10(2)5-12(17(11)13)22-9-15-18-14(8-21-3)19-24-15/h5-7H,4,8-9H2,1-3H3. The van der Waals surface area contributed by atoms with E-state index in [9.17, 15) is 4.79 Å². The lowest BCUT2D eigenvalue weighted by atomic mass is 10.1. The molecule has 2 aromatic heterocycles. The first-order valence-electron chi connectivity index (χ1n) is 7.61. The Hall–Kier alpha value is -2.67. The smallest absolute Gasteiger partial charge is 0.336 e. The fraction of sp³-hybridized carbons (Fsp3) is 0.353. The van der Waals surface area contributed by atoms with E-state index >= 15 is 0 Å². The van der Waals surface area contributed by atoms with E-state index in [1.807, 2.05) is 26.0 Å². The van der Waals surface area contributed by atoms with Gasteiger partial charge < -0.3 is 18.4 Å². The molecule has 0 aliphatic heterocycles. The number of nitrogens with zero attached hydrogens (tertiary/aromatic N) is 2. The van der Waals surface area contributed by atoms with Gasteiger partial charge in [0.15, 0.2) is 12.4 Å². The SMILES string of the molecule is CCc1cc(=O)oc2cc(C)cc(OCc3nc(COC)no3)c12. The van der Waals surface area contributed by atoms with Gasteiger partial charge in [-0.1, -0.05) is 12.1 Å². The molecule has 1 aromatic carbocycles. The molecule has 0 saturated carbocycles. The van der Waals surface area contributed by atoms with Crippen LogP contribution in [0.25, 0.3) is 11.0 Å². The third-order valence-corrected chi connectivity index (χ3v) is 3.55. The fourth-order valence-corrected chi connectivity index (χ4v) is 2.54. The molecule has 3 aromatic rings. The van der Waals surface area contributed by atoms with Crippen molar-refractivity contribution in [2.75, 3.05) is 7.11 Å². The van der Waals surface area contributed by atoms with Crippen molar-refractivity contribution in [2.24, 2.45) is 0 Å². The van der Waals surface area contributed by atoms with Crippen LogP contribution in [0.3, 0.4) is 0 Å². The van der Waals surface area contributed by atoms with Gasteiger partial charge in [0.1, 0.15) is 17.9 Å². The summed E-state index contributed by atoms with van der Waals surface area (Å²) >= 11 is 0. The van der Waals surface area contributed by atoms with Gasteiger partial charge in [-0.15, -0.1) is 0 Å². The Morgan fingerprint density at radius 1 is 1.21 bits per heavy atom. The number of ether oxygens (including phenoxy) is 2. The van der Waals surface area contributed by atoms with Gasteiger partial charge in [-0.05, 0) is 36.6 Å². The van der Waals surface area contributed by atoms with E-state index in [0.29, 0.717) is 29.5 Å². The molecule has 0 saturated heterocycles. The Labute approximate surface area is 138 Å². The number of hydrogen-bond donors (Lipinski definition) is 0. The molecule has 0 aliphatic rings. The maximum absolute atomic E-state index is 11.7. The van der Waals surface area contributed by atoms with Crippen molar-refractivity contribution in [3.63, 3.8) is 0 Å². The Bertz CT molecular complexity index is 913. The third-order valence-electron chi connectivity index (χ3n) is 3.55. The molecule has 7 heteroatoms. The van der Waals surface area contributed by atoms with Crippen LogP contribution in [0.2, 0.25) is 0 Å². The van der Waals surface area contributed by atoms with Crippen LogP contribution < -0.4 is 10.4 Å². The molecule has 0 radical (unpaired) electrons. The number of rotatable bonds is 6. The molecular weight excluding hydrogens is 312 g/mol. The third kappa shape index (κ3) is 3.30. The monoisotopic (exact) mass is 330 g/mol. The van der Waals surface area contributed by atoms with Crippen molar-refractivity contribution in [1.82, 2.24) is 10.1 Å². The van der Waals surface area contributed by atoms with E-state index in [4.69, 9.17) is 18.4 Å². The second-order valence-corrected chi connectivity index (χ2v) is 5.41. The Morgan fingerprint density at radius 3 is 2.79 bits per heavy atom. The zero-order chi connectivity index (χ0) is 17.1. The quantitative estimate of drug-likeness (QED) is 0.642. The van der Waals surface area contributed by atoms with Gasteiger partial charge in [0.2, 0.25) is 0 Å². The first-order valence-corrected chi connectivity index (χ1v) is 7.61. The summed E-state index contributed by atoms with van der Waals surface area (Å²) in [5.74, 6) is 1.44. The molecule has 2 heterocycles. The van der Waals surface area contributed by atoms with Crippen LogP contribution >= 0.6 is 0 Å². The van der Waals surface area contributed by atoms with Crippen molar-refractivity contribution < 1.29 is 18.4 Å². The largest absolute Gasteiger partial charge is 0.483 e. The Kier molecular flexibility index (Phi) is 4.61. The first kappa shape index (κ1) is 16.2. The van der Waals surface area contributed by atoms with Gasteiger partial charge in [0.25, 0.3) is 5.89 Å². The van der Waals surface area contributed by atoms with Crippen LogP contribution in [0.1, 0.15) is 29.8 Å². The summed E-state index contributed by atoms with van der Waals surface area (Å²) < 4.78 is 21.2. The van der Waals surface area contributed by atoms with Crippen LogP contribution in [0.4, 0.5) is 0 Å². The molecule has 0 N–H and O–H groups in total. The highest BCUT2D eigenvalue weighted by Gasteiger charge is 2.13. The molecule has 0 unspecified atom stereocenters. The molecular formula is C17H18N2O5. The second kappa shape index (κ2) is 6.84. The maximum atomic E-state index is 11.7. The zero-order valence-corrected chi connectivity index (χ0v) is 13.8. The predicted octanol–water partition coefficient (Wildman–Crippen LogP) is 2.77. The number of aryl methyl sites for hydroxylation is 2. The lowest BCUT2D eigenvalue weighted by Gasteiger charge is -2.11. The highest BCUT2D eigenvalue weighted by molar-refractivity contribution is 5.87. The van der Waals surface area contributed by atoms with Crippen LogP contribution in [0.15, 0.2) is 31.9 Å². The van der Waals surface area contributed by atoms with E-state index in [-0.39, 0.29) is 18.8 Å². The predicted molar refractivity (Wildman–Crippen MR) is 85.9 cm³/mol. The molecule has 126 valence electrons. The number of methoxy groups -OCH3 is 1. The number of fused-ring (bicyclic) bond motifs is 1. The van der Waals surface area contributed by atoms with Gasteiger partial charge >= 0.3 is 5.63 Å². The van der Waals surface area contributed by atoms with E-state index in [1.165, 1.54) is 6.07 Å².